The average molecular weight is 916 g/mol. The molecule has 6 heterocycles. The van der Waals surface area contributed by atoms with E-state index in [4.69, 9.17) is 19.6 Å². The number of carbonyl (C=O) groups is 4. The molecule has 6 rings (SSSR count). The number of hydrogen-bond donors (Lipinski definition) is 4. The third kappa shape index (κ3) is 18.8. The number of alkyl carbamates (subject to hydrolysis) is 2. The summed E-state index contributed by atoms with van der Waals surface area (Å²) in [6, 6.07) is 10.0. The number of nitrogens with one attached hydrogen (secondary N) is 4. The monoisotopic (exact) mass is 915 g/mol. The largest absolute Gasteiger partial charge is 1.00 e. The van der Waals surface area contributed by atoms with Gasteiger partial charge in [0.25, 0.3) is 0 Å². The average Bonchev–Trinajstić information content (AvgIpc) is 3.29. The van der Waals surface area contributed by atoms with Crippen molar-refractivity contribution < 1.29 is 58.2 Å². The summed E-state index contributed by atoms with van der Waals surface area (Å²) < 4.78 is 10.3. The fraction of sp³-hybridized carbons (Fsp3) is 0.350. The number of Topliss-reactive ketones (excluding diaryl/α,β-unsaturated/α-hetero) is 2. The van der Waals surface area contributed by atoms with Gasteiger partial charge in [-0.25, -0.2) is 29.5 Å². The van der Waals surface area contributed by atoms with Gasteiger partial charge in [0.05, 0.1) is 0 Å². The van der Waals surface area contributed by atoms with E-state index in [0.717, 1.165) is 5.34 Å². The minimum absolute atomic E-state index is 0. The van der Waals surface area contributed by atoms with Gasteiger partial charge in [0.1, 0.15) is 22.6 Å². The number of hydrazone groups is 2. The first-order valence-corrected chi connectivity index (χ1v) is 19.7. The Hall–Kier alpha value is -7.38. The number of rotatable bonds is 14. The quantitative estimate of drug-likeness (QED) is 0.0398. The molecule has 4 N–H and O–H groups in total. The normalized spacial score (nSPS) is 11.6. The van der Waals surface area contributed by atoms with Crippen molar-refractivity contribution in [3.63, 3.8) is 0 Å². The smallest absolute Gasteiger partial charge is 0.444 e. The maximum atomic E-state index is 12.3. The van der Waals surface area contributed by atoms with Gasteiger partial charge >= 0.3 is 41.7 Å². The molecule has 2 amide bonds. The molecule has 5 aromatic rings. The van der Waals surface area contributed by atoms with Crippen molar-refractivity contribution in [1.82, 2.24) is 71.8 Å². The summed E-state index contributed by atoms with van der Waals surface area (Å²) in [5, 5.41) is 38.5. The van der Waals surface area contributed by atoms with Crippen LogP contribution in [0.1, 0.15) is 99.5 Å². The van der Waals surface area contributed by atoms with Crippen molar-refractivity contribution >= 4 is 35.4 Å². The van der Waals surface area contributed by atoms with Crippen molar-refractivity contribution in [2.45, 2.75) is 78.4 Å². The summed E-state index contributed by atoms with van der Waals surface area (Å²) >= 11 is 0. The molecule has 1 aliphatic rings. The van der Waals surface area contributed by atoms with Crippen LogP contribution in [0.25, 0.3) is 23.2 Å². The van der Waals surface area contributed by atoms with Crippen LogP contribution in [-0.4, -0.2) is 110 Å². The van der Waals surface area contributed by atoms with Crippen LogP contribution in [0.2, 0.25) is 0 Å². The van der Waals surface area contributed by atoms with E-state index in [9.17, 15) is 19.2 Å². The molecule has 0 unspecified atom stereocenters. The third-order valence-electron chi connectivity index (χ3n) is 7.71. The molecule has 66 heavy (non-hydrogen) atoms. The number of aromatic nitrogens is 10. The van der Waals surface area contributed by atoms with Crippen molar-refractivity contribution in [1.29, 1.82) is 0 Å². The second-order valence-corrected chi connectivity index (χ2v) is 15.2. The van der Waals surface area contributed by atoms with E-state index in [1.165, 1.54) is 12.4 Å². The van der Waals surface area contributed by atoms with Gasteiger partial charge < -0.3 is 30.2 Å². The summed E-state index contributed by atoms with van der Waals surface area (Å²) in [6.07, 6.45) is 9.84. The van der Waals surface area contributed by atoms with Gasteiger partial charge in [0, 0.05) is 74.2 Å². The van der Waals surface area contributed by atoms with Crippen LogP contribution in [-0.2, 0) is 9.47 Å². The van der Waals surface area contributed by atoms with E-state index in [1.54, 1.807) is 103 Å². The Balaban J connectivity index is 0.000000326. The van der Waals surface area contributed by atoms with Crippen LogP contribution < -0.4 is 51.0 Å². The first kappa shape index (κ1) is 53.0. The second-order valence-electron chi connectivity index (χ2n) is 15.2. The Bertz CT molecular complexity index is 2400. The number of pyridine rings is 2. The SMILES string of the molecule is CC(C)(C)OC(=O)NCCCC(=O)c1ccc(-c2nnc(-c3ncccn3)nn2)nc1.CC(C)(C)OC(=O)NCCCC(=O)c1ccc(C2=NNC(c3ncccn3)=NN2)nc1.O=N[O-].[Na+]. The topological polar surface area (TPSA) is 341 Å². The van der Waals surface area contributed by atoms with Gasteiger partial charge in [-0.2, -0.15) is 10.2 Å². The van der Waals surface area contributed by atoms with Crippen molar-refractivity contribution in [2.75, 3.05) is 13.1 Å². The minimum Gasteiger partial charge on any atom is -0.444 e. The molecule has 1 aliphatic heterocycles. The number of ether oxygens (including phenoxy) is 2. The van der Waals surface area contributed by atoms with E-state index in [1.807, 2.05) is 0 Å². The minimum atomic E-state index is -0.558. The summed E-state index contributed by atoms with van der Waals surface area (Å²) in [7, 11) is 0. The van der Waals surface area contributed by atoms with Crippen LogP contribution in [0.5, 0.6) is 0 Å². The van der Waals surface area contributed by atoms with Crippen molar-refractivity contribution in [3.05, 3.63) is 106 Å². The van der Waals surface area contributed by atoms with Crippen LogP contribution in [0.15, 0.2) is 89.1 Å². The van der Waals surface area contributed by atoms with Crippen LogP contribution >= 0.6 is 0 Å². The molecule has 5 aromatic heterocycles. The van der Waals surface area contributed by atoms with Gasteiger partial charge in [-0.1, -0.05) is 0 Å². The maximum Gasteiger partial charge on any atom is 1.00 e. The molecule has 0 radical (unpaired) electrons. The van der Waals surface area contributed by atoms with Crippen LogP contribution in [0.3, 0.4) is 0 Å². The molecule has 0 saturated heterocycles. The summed E-state index contributed by atoms with van der Waals surface area (Å²) in [5.41, 5.74) is 6.35. The molecule has 340 valence electrons. The Kier molecular flexibility index (Phi) is 21.2. The number of ketones is 2. The maximum absolute atomic E-state index is 12.3. The molecule has 0 aliphatic carbocycles. The Morgan fingerprint density at radius 3 is 1.41 bits per heavy atom. The van der Waals surface area contributed by atoms with Crippen molar-refractivity contribution in [3.8, 4) is 23.2 Å². The fourth-order valence-corrected chi connectivity index (χ4v) is 4.93. The molecular weight excluding hydrogens is 870 g/mol. The van der Waals surface area contributed by atoms with E-state index in [-0.39, 0.29) is 65.6 Å². The molecule has 0 atom stereocenters. The first-order chi connectivity index (χ1) is 31.0. The number of carbonyl (C=O) groups excluding carboxylic acids is 4. The predicted molar refractivity (Wildman–Crippen MR) is 232 cm³/mol. The zero-order chi connectivity index (χ0) is 47.2. The zero-order valence-electron chi connectivity index (χ0n) is 37.3. The molecule has 25 nitrogen and oxygen atoms in total. The zero-order valence-corrected chi connectivity index (χ0v) is 39.3. The molecule has 0 bridgehead atoms. The molecule has 0 fully saturated rings. The number of hydrogen-bond acceptors (Lipinski definition) is 23. The van der Waals surface area contributed by atoms with E-state index >= 15 is 0 Å². The number of amidine groups is 2. The van der Waals surface area contributed by atoms with Crippen LogP contribution in [0.4, 0.5) is 9.59 Å². The molecule has 26 heteroatoms. The van der Waals surface area contributed by atoms with Gasteiger partial charge in [0.15, 0.2) is 23.2 Å². The van der Waals surface area contributed by atoms with Gasteiger partial charge in [-0.3, -0.25) is 30.4 Å². The van der Waals surface area contributed by atoms with Crippen LogP contribution in [0, 0.1) is 10.1 Å². The molecule has 0 spiro atoms. The Morgan fingerprint density at radius 2 is 1.00 bits per heavy atom. The van der Waals surface area contributed by atoms with Gasteiger partial charge in [0.2, 0.25) is 23.3 Å². The van der Waals surface area contributed by atoms with E-state index in [2.05, 4.69) is 82.0 Å². The number of amides is 2. The Morgan fingerprint density at radius 1 is 0.591 bits per heavy atom. The first-order valence-electron chi connectivity index (χ1n) is 19.7. The van der Waals surface area contributed by atoms with E-state index < -0.39 is 23.4 Å². The third-order valence-corrected chi connectivity index (χ3v) is 7.71. The molecule has 0 aromatic carbocycles. The Labute approximate surface area is 400 Å². The standard InChI is InChI=1S/C20H24N8O3.C20H22N8O3.HNO2.Na/c2*1-20(2,3)31-19(30)23-9-4-6-15(29)13-7-8-14(24-12-13)16-25-27-18(28-26-16)17-21-10-5-11-22-17;2-1-3;/h5,7-8,10-12H,4,6,9H2,1-3H3,(H,23,30)(H,25,26)(H,27,28);5,7-8,10-12H,4,6,9H2,1-3H3,(H,23,30);(H,2,3);/q;;;+1/p-1. The van der Waals surface area contributed by atoms with Gasteiger partial charge in [-0.05, 0) is 90.8 Å². The van der Waals surface area contributed by atoms with Crippen molar-refractivity contribution in [2.24, 2.45) is 15.5 Å². The second kappa shape index (κ2) is 26.4. The van der Waals surface area contributed by atoms with E-state index in [0.29, 0.717) is 71.8 Å². The fourth-order valence-electron chi connectivity index (χ4n) is 4.93. The molecular formula is C40H46N17NaO8. The summed E-state index contributed by atoms with van der Waals surface area (Å²) in [4.78, 5) is 80.6. The summed E-state index contributed by atoms with van der Waals surface area (Å²) in [6.45, 7) is 11.4. The van der Waals surface area contributed by atoms with Gasteiger partial charge in [-0.15, -0.1) is 25.7 Å². The number of nitrogens with zero attached hydrogens (tertiary/aromatic N) is 13. The summed E-state index contributed by atoms with van der Waals surface area (Å²) in [5.74, 6) is 1.80. The molecule has 0 saturated carbocycles. The predicted octanol–water partition coefficient (Wildman–Crippen LogP) is 1.10.